The van der Waals surface area contributed by atoms with Crippen LogP contribution in [0.15, 0.2) is 65.6 Å². The van der Waals surface area contributed by atoms with Gasteiger partial charge in [-0.2, -0.15) is 0 Å². The third kappa shape index (κ3) is 2.37. The molecule has 0 N–H and O–H groups in total. The van der Waals surface area contributed by atoms with E-state index >= 15 is 0 Å². The molecule has 80 valence electrons. The molecule has 0 atom stereocenters. The Hall–Kier alpha value is -1.47. The van der Waals surface area contributed by atoms with Gasteiger partial charge < -0.3 is 0 Å². The molecule has 0 heterocycles. The average molecular weight is 226 g/mol. The van der Waals surface area contributed by atoms with Crippen molar-refractivity contribution in [3.8, 4) is 0 Å². The maximum absolute atomic E-state index is 4.50. The van der Waals surface area contributed by atoms with Crippen molar-refractivity contribution in [1.82, 2.24) is 0 Å². The van der Waals surface area contributed by atoms with Gasteiger partial charge in [0.2, 0.25) is 0 Å². The normalized spacial score (nSPS) is 9.88. The summed E-state index contributed by atoms with van der Waals surface area (Å²) in [5.74, 6) is 0. The lowest BCUT2D eigenvalue weighted by atomic mass is 9.98. The zero-order valence-electron chi connectivity index (χ0n) is 9.22. The number of hydrogen-bond acceptors (Lipinski definition) is 1. The zero-order valence-corrected chi connectivity index (χ0v) is 10.1. The van der Waals surface area contributed by atoms with E-state index in [9.17, 15) is 0 Å². The largest absolute Gasteiger partial charge is 0.148 e. The SMILES string of the molecule is CC(S)=C(c1ccccc1)c1ccccc1. The minimum absolute atomic E-state index is 1.04. The molecule has 0 nitrogen and oxygen atoms in total. The molecular weight excluding hydrogens is 212 g/mol. The summed E-state index contributed by atoms with van der Waals surface area (Å²) in [6, 6.07) is 20.7. The summed E-state index contributed by atoms with van der Waals surface area (Å²) in [6.07, 6.45) is 0. The molecule has 2 rings (SSSR count). The van der Waals surface area contributed by atoms with Gasteiger partial charge in [-0.15, -0.1) is 12.6 Å². The van der Waals surface area contributed by atoms with Crippen LogP contribution in [0.2, 0.25) is 0 Å². The van der Waals surface area contributed by atoms with E-state index in [0.29, 0.717) is 0 Å². The molecule has 16 heavy (non-hydrogen) atoms. The molecular formula is C15H14S. The van der Waals surface area contributed by atoms with Crippen LogP contribution in [0.5, 0.6) is 0 Å². The third-order valence-corrected chi connectivity index (χ3v) is 2.71. The van der Waals surface area contributed by atoms with Gasteiger partial charge in [-0.25, -0.2) is 0 Å². The van der Waals surface area contributed by atoms with Crippen LogP contribution in [0.4, 0.5) is 0 Å². The van der Waals surface area contributed by atoms with Crippen molar-refractivity contribution in [3.63, 3.8) is 0 Å². The van der Waals surface area contributed by atoms with Gasteiger partial charge in [0.25, 0.3) is 0 Å². The van der Waals surface area contributed by atoms with Gasteiger partial charge in [-0.1, -0.05) is 60.7 Å². The lowest BCUT2D eigenvalue weighted by Gasteiger charge is -2.10. The van der Waals surface area contributed by atoms with Crippen molar-refractivity contribution in [1.29, 1.82) is 0 Å². The summed E-state index contributed by atoms with van der Waals surface area (Å²) in [6.45, 7) is 2.03. The minimum atomic E-state index is 1.04. The van der Waals surface area contributed by atoms with Crippen LogP contribution in [0, 0.1) is 0 Å². The van der Waals surface area contributed by atoms with Crippen LogP contribution in [-0.2, 0) is 0 Å². The first kappa shape index (κ1) is 11.0. The maximum Gasteiger partial charge on any atom is -0.00216 e. The Labute approximate surface area is 102 Å². The minimum Gasteiger partial charge on any atom is -0.148 e. The second-order valence-electron chi connectivity index (χ2n) is 3.69. The molecule has 1 heteroatoms. The molecule has 0 saturated heterocycles. The Morgan fingerprint density at radius 3 is 1.44 bits per heavy atom. The first-order valence-electron chi connectivity index (χ1n) is 5.29. The molecule has 2 aromatic rings. The molecule has 0 radical (unpaired) electrons. The standard InChI is InChI=1S/C15H14S/c1-12(16)15(13-8-4-2-5-9-13)14-10-6-3-7-11-14/h2-11,16H,1H3. The summed E-state index contributed by atoms with van der Waals surface area (Å²) in [4.78, 5) is 1.04. The van der Waals surface area contributed by atoms with Crippen LogP contribution in [-0.4, -0.2) is 0 Å². The zero-order chi connectivity index (χ0) is 11.4. The van der Waals surface area contributed by atoms with Gasteiger partial charge in [0.1, 0.15) is 0 Å². The Morgan fingerprint density at radius 1 is 0.750 bits per heavy atom. The Bertz CT molecular complexity index is 438. The van der Waals surface area contributed by atoms with Gasteiger partial charge in [0.05, 0.1) is 0 Å². The van der Waals surface area contributed by atoms with E-state index in [1.54, 1.807) is 0 Å². The molecule has 2 aromatic carbocycles. The number of thiol groups is 1. The predicted octanol–water partition coefficient (Wildman–Crippen LogP) is 4.40. The lowest BCUT2D eigenvalue weighted by molar-refractivity contribution is 1.52. The molecule has 0 spiro atoms. The third-order valence-electron chi connectivity index (χ3n) is 2.49. The van der Waals surface area contributed by atoms with Crippen molar-refractivity contribution in [2.24, 2.45) is 0 Å². The van der Waals surface area contributed by atoms with Gasteiger partial charge >= 0.3 is 0 Å². The molecule has 0 saturated carbocycles. The van der Waals surface area contributed by atoms with E-state index in [2.05, 4.69) is 61.2 Å². The van der Waals surface area contributed by atoms with Crippen molar-refractivity contribution in [3.05, 3.63) is 76.7 Å². The lowest BCUT2D eigenvalue weighted by Crippen LogP contribution is -1.88. The van der Waals surface area contributed by atoms with Gasteiger partial charge in [0.15, 0.2) is 0 Å². The summed E-state index contributed by atoms with van der Waals surface area (Å²) in [5, 5.41) is 0. The highest BCUT2D eigenvalue weighted by atomic mass is 32.1. The van der Waals surface area contributed by atoms with E-state index in [4.69, 9.17) is 0 Å². The number of rotatable bonds is 2. The second-order valence-corrected chi connectivity index (χ2v) is 4.36. The van der Waals surface area contributed by atoms with Crippen LogP contribution >= 0.6 is 12.6 Å². The molecule has 0 aliphatic carbocycles. The van der Waals surface area contributed by atoms with E-state index in [1.165, 1.54) is 16.7 Å². The molecule has 0 amide bonds. The van der Waals surface area contributed by atoms with E-state index in [-0.39, 0.29) is 0 Å². The molecule has 0 fully saturated rings. The van der Waals surface area contributed by atoms with Crippen molar-refractivity contribution >= 4 is 18.2 Å². The van der Waals surface area contributed by atoms with E-state index in [0.717, 1.165) is 4.91 Å². The second kappa shape index (κ2) is 5.04. The van der Waals surface area contributed by atoms with Crippen LogP contribution in [0.25, 0.3) is 5.57 Å². The Kier molecular flexibility index (Phi) is 3.47. The van der Waals surface area contributed by atoms with E-state index in [1.807, 2.05) is 19.1 Å². The topological polar surface area (TPSA) is 0 Å². The fourth-order valence-corrected chi connectivity index (χ4v) is 2.05. The van der Waals surface area contributed by atoms with Gasteiger partial charge in [-0.3, -0.25) is 0 Å². The quantitative estimate of drug-likeness (QED) is 0.721. The highest BCUT2D eigenvalue weighted by Gasteiger charge is 2.05. The summed E-state index contributed by atoms with van der Waals surface area (Å²) in [5.41, 5.74) is 3.62. The maximum atomic E-state index is 4.50. The first-order valence-corrected chi connectivity index (χ1v) is 5.74. The van der Waals surface area contributed by atoms with Crippen LogP contribution in [0.1, 0.15) is 18.1 Å². The Morgan fingerprint density at radius 2 is 1.12 bits per heavy atom. The van der Waals surface area contributed by atoms with Crippen molar-refractivity contribution < 1.29 is 0 Å². The first-order chi connectivity index (χ1) is 7.79. The number of allylic oxidation sites excluding steroid dienone is 1. The molecule has 0 aromatic heterocycles. The highest BCUT2D eigenvalue weighted by molar-refractivity contribution is 7.84. The summed E-state index contributed by atoms with van der Waals surface area (Å²) < 4.78 is 0. The van der Waals surface area contributed by atoms with Crippen LogP contribution in [0.3, 0.4) is 0 Å². The molecule has 0 aliphatic rings. The average Bonchev–Trinajstić information content (AvgIpc) is 2.31. The van der Waals surface area contributed by atoms with E-state index < -0.39 is 0 Å². The highest BCUT2D eigenvalue weighted by Crippen LogP contribution is 2.27. The Balaban J connectivity index is 2.54. The monoisotopic (exact) mass is 226 g/mol. The van der Waals surface area contributed by atoms with Crippen molar-refractivity contribution in [2.75, 3.05) is 0 Å². The van der Waals surface area contributed by atoms with Gasteiger partial charge in [0, 0.05) is 0 Å². The van der Waals surface area contributed by atoms with Gasteiger partial charge in [-0.05, 0) is 28.5 Å². The van der Waals surface area contributed by atoms with Crippen LogP contribution < -0.4 is 0 Å². The molecule has 0 aliphatic heterocycles. The number of hydrogen-bond donors (Lipinski definition) is 1. The predicted molar refractivity (Wildman–Crippen MR) is 73.6 cm³/mol. The smallest absolute Gasteiger partial charge is 0.00216 e. The fourth-order valence-electron chi connectivity index (χ4n) is 1.79. The molecule has 0 unspecified atom stereocenters. The summed E-state index contributed by atoms with van der Waals surface area (Å²) in [7, 11) is 0. The van der Waals surface area contributed by atoms with Crippen molar-refractivity contribution in [2.45, 2.75) is 6.92 Å². The summed E-state index contributed by atoms with van der Waals surface area (Å²) >= 11 is 4.50. The number of benzene rings is 2. The molecule has 0 bridgehead atoms. The fraction of sp³-hybridized carbons (Fsp3) is 0.0667.